The highest BCUT2D eigenvalue weighted by molar-refractivity contribution is 5.74. The molecular formula is C16H14F2. The Morgan fingerprint density at radius 1 is 0.944 bits per heavy atom. The third-order valence-corrected chi connectivity index (χ3v) is 3.74. The molecule has 0 aromatic heterocycles. The van der Waals surface area contributed by atoms with Gasteiger partial charge in [0.25, 0.3) is 0 Å². The van der Waals surface area contributed by atoms with Crippen LogP contribution in [0.4, 0.5) is 8.78 Å². The van der Waals surface area contributed by atoms with Crippen LogP contribution >= 0.6 is 0 Å². The summed E-state index contributed by atoms with van der Waals surface area (Å²) in [5, 5.41) is 0. The molecule has 1 aliphatic rings. The predicted octanol–water partition coefficient (Wildman–Crippen LogP) is 4.35. The SMILES string of the molecule is Cc1ccc2c(c1)CCc1c-2cc(F)c(C)c1F. The Bertz CT molecular complexity index is 642. The molecule has 0 atom stereocenters. The molecule has 0 saturated heterocycles. The molecule has 0 amide bonds. The van der Waals surface area contributed by atoms with Gasteiger partial charge in [-0.25, -0.2) is 8.78 Å². The van der Waals surface area contributed by atoms with Crippen molar-refractivity contribution in [1.29, 1.82) is 0 Å². The maximum absolute atomic E-state index is 14.1. The Hall–Kier alpha value is -1.70. The highest BCUT2D eigenvalue weighted by Gasteiger charge is 2.22. The second-order valence-electron chi connectivity index (χ2n) is 4.98. The molecule has 0 unspecified atom stereocenters. The molecule has 92 valence electrons. The number of benzene rings is 2. The van der Waals surface area contributed by atoms with Crippen molar-refractivity contribution in [1.82, 2.24) is 0 Å². The number of rotatable bonds is 0. The number of aryl methyl sites for hydroxylation is 2. The average Bonchev–Trinajstić information content (AvgIpc) is 2.35. The largest absolute Gasteiger partial charge is 0.207 e. The molecule has 0 radical (unpaired) electrons. The molecular weight excluding hydrogens is 230 g/mol. The van der Waals surface area contributed by atoms with Gasteiger partial charge in [-0.05, 0) is 55.0 Å². The van der Waals surface area contributed by atoms with E-state index in [1.807, 2.05) is 19.1 Å². The monoisotopic (exact) mass is 244 g/mol. The Morgan fingerprint density at radius 2 is 1.72 bits per heavy atom. The van der Waals surface area contributed by atoms with Crippen LogP contribution in [-0.4, -0.2) is 0 Å². The van der Waals surface area contributed by atoms with Crippen LogP contribution in [0.15, 0.2) is 24.3 Å². The van der Waals surface area contributed by atoms with Crippen molar-refractivity contribution in [3.63, 3.8) is 0 Å². The summed E-state index contributed by atoms with van der Waals surface area (Å²) in [7, 11) is 0. The summed E-state index contributed by atoms with van der Waals surface area (Å²) in [6, 6.07) is 7.54. The number of hydrogen-bond donors (Lipinski definition) is 0. The minimum Gasteiger partial charge on any atom is -0.207 e. The van der Waals surface area contributed by atoms with Crippen molar-refractivity contribution in [3.05, 3.63) is 58.2 Å². The lowest BCUT2D eigenvalue weighted by Crippen LogP contribution is -2.09. The van der Waals surface area contributed by atoms with Gasteiger partial charge in [0.2, 0.25) is 0 Å². The van der Waals surface area contributed by atoms with E-state index >= 15 is 0 Å². The smallest absolute Gasteiger partial charge is 0.132 e. The second-order valence-corrected chi connectivity index (χ2v) is 4.98. The zero-order valence-corrected chi connectivity index (χ0v) is 10.5. The molecule has 3 rings (SSSR count). The topological polar surface area (TPSA) is 0 Å². The number of halogens is 2. The zero-order valence-electron chi connectivity index (χ0n) is 10.5. The quantitative estimate of drug-likeness (QED) is 0.646. The molecule has 1 aliphatic carbocycles. The Kier molecular flexibility index (Phi) is 2.47. The fourth-order valence-corrected chi connectivity index (χ4v) is 2.71. The zero-order chi connectivity index (χ0) is 12.9. The third kappa shape index (κ3) is 1.56. The Balaban J connectivity index is 2.31. The van der Waals surface area contributed by atoms with Crippen LogP contribution in [0, 0.1) is 25.5 Å². The predicted molar refractivity (Wildman–Crippen MR) is 68.7 cm³/mol. The summed E-state index contributed by atoms with van der Waals surface area (Å²) in [6.45, 7) is 3.53. The van der Waals surface area contributed by atoms with Crippen LogP contribution in [0.5, 0.6) is 0 Å². The second kappa shape index (κ2) is 3.91. The maximum atomic E-state index is 14.1. The first kappa shape index (κ1) is 11.4. The van der Waals surface area contributed by atoms with E-state index in [1.165, 1.54) is 24.1 Å². The van der Waals surface area contributed by atoms with Gasteiger partial charge >= 0.3 is 0 Å². The molecule has 0 N–H and O–H groups in total. The summed E-state index contributed by atoms with van der Waals surface area (Å²) in [4.78, 5) is 0. The minimum atomic E-state index is -0.459. The highest BCUT2D eigenvalue weighted by Crippen LogP contribution is 2.37. The van der Waals surface area contributed by atoms with E-state index in [9.17, 15) is 8.78 Å². The van der Waals surface area contributed by atoms with E-state index in [-0.39, 0.29) is 11.4 Å². The van der Waals surface area contributed by atoms with Crippen LogP contribution < -0.4 is 0 Å². The lowest BCUT2D eigenvalue weighted by atomic mass is 9.83. The highest BCUT2D eigenvalue weighted by atomic mass is 19.1. The van der Waals surface area contributed by atoms with Crippen LogP contribution in [0.2, 0.25) is 0 Å². The van der Waals surface area contributed by atoms with E-state index in [0.717, 1.165) is 17.5 Å². The van der Waals surface area contributed by atoms with Gasteiger partial charge < -0.3 is 0 Å². The van der Waals surface area contributed by atoms with Gasteiger partial charge in [0.15, 0.2) is 0 Å². The lowest BCUT2D eigenvalue weighted by Gasteiger charge is -2.22. The summed E-state index contributed by atoms with van der Waals surface area (Å²) in [6.07, 6.45) is 1.48. The van der Waals surface area contributed by atoms with Gasteiger partial charge in [-0.15, -0.1) is 0 Å². The normalized spacial score (nSPS) is 13.1. The molecule has 0 spiro atoms. The molecule has 0 heterocycles. The first-order chi connectivity index (χ1) is 8.58. The van der Waals surface area contributed by atoms with Gasteiger partial charge in [0.1, 0.15) is 11.6 Å². The lowest BCUT2D eigenvalue weighted by molar-refractivity contribution is 0.556. The van der Waals surface area contributed by atoms with E-state index < -0.39 is 5.82 Å². The summed E-state index contributed by atoms with van der Waals surface area (Å²) < 4.78 is 27.8. The van der Waals surface area contributed by atoms with Gasteiger partial charge in [-0.3, -0.25) is 0 Å². The average molecular weight is 244 g/mol. The van der Waals surface area contributed by atoms with Crippen LogP contribution in [0.25, 0.3) is 11.1 Å². The number of fused-ring (bicyclic) bond motifs is 3. The van der Waals surface area contributed by atoms with Crippen LogP contribution in [0.1, 0.15) is 22.3 Å². The molecule has 2 aromatic rings. The van der Waals surface area contributed by atoms with Crippen molar-refractivity contribution >= 4 is 0 Å². The molecule has 0 bridgehead atoms. The van der Waals surface area contributed by atoms with Crippen LogP contribution in [0.3, 0.4) is 0 Å². The van der Waals surface area contributed by atoms with Crippen molar-refractivity contribution in [2.75, 3.05) is 0 Å². The standard InChI is InChI=1S/C16H14F2/c1-9-3-5-12-11(7-9)4-6-13-14(12)8-15(17)10(2)16(13)18/h3,5,7-8H,4,6H2,1-2H3. The van der Waals surface area contributed by atoms with E-state index in [4.69, 9.17) is 0 Å². The molecule has 18 heavy (non-hydrogen) atoms. The summed E-state index contributed by atoms with van der Waals surface area (Å²) in [5.41, 5.74) is 4.85. The fraction of sp³-hybridized carbons (Fsp3) is 0.250. The number of hydrogen-bond acceptors (Lipinski definition) is 0. The van der Waals surface area contributed by atoms with Crippen LogP contribution in [-0.2, 0) is 12.8 Å². The molecule has 0 fully saturated rings. The van der Waals surface area contributed by atoms with Crippen molar-refractivity contribution in [2.45, 2.75) is 26.7 Å². The first-order valence-corrected chi connectivity index (χ1v) is 6.15. The summed E-state index contributed by atoms with van der Waals surface area (Å²) in [5.74, 6) is -0.837. The van der Waals surface area contributed by atoms with E-state index in [1.54, 1.807) is 0 Å². The summed E-state index contributed by atoms with van der Waals surface area (Å²) >= 11 is 0. The van der Waals surface area contributed by atoms with Crippen molar-refractivity contribution in [3.8, 4) is 11.1 Å². The van der Waals surface area contributed by atoms with Gasteiger partial charge in [-0.2, -0.15) is 0 Å². The Morgan fingerprint density at radius 3 is 2.50 bits per heavy atom. The molecule has 2 aromatic carbocycles. The van der Waals surface area contributed by atoms with E-state index in [2.05, 4.69) is 6.07 Å². The van der Waals surface area contributed by atoms with Crippen molar-refractivity contribution < 1.29 is 8.78 Å². The van der Waals surface area contributed by atoms with Gasteiger partial charge in [-0.1, -0.05) is 23.8 Å². The third-order valence-electron chi connectivity index (χ3n) is 3.74. The van der Waals surface area contributed by atoms with E-state index in [0.29, 0.717) is 12.0 Å². The van der Waals surface area contributed by atoms with Crippen molar-refractivity contribution in [2.24, 2.45) is 0 Å². The molecule has 2 heteroatoms. The first-order valence-electron chi connectivity index (χ1n) is 6.15. The van der Waals surface area contributed by atoms with Gasteiger partial charge in [0.05, 0.1) is 0 Å². The van der Waals surface area contributed by atoms with Gasteiger partial charge in [0, 0.05) is 5.56 Å². The maximum Gasteiger partial charge on any atom is 0.132 e. The molecule has 0 aliphatic heterocycles. The Labute approximate surface area is 105 Å². The molecule has 0 saturated carbocycles. The fourth-order valence-electron chi connectivity index (χ4n) is 2.71. The minimum absolute atomic E-state index is 0.129. The molecule has 0 nitrogen and oxygen atoms in total.